The van der Waals surface area contributed by atoms with Crippen LogP contribution in [0.3, 0.4) is 0 Å². The van der Waals surface area contributed by atoms with Crippen LogP contribution >= 0.6 is 0 Å². The number of nitrogens with zero attached hydrogens (tertiary/aromatic N) is 3. The zero-order chi connectivity index (χ0) is 14.2. The summed E-state index contributed by atoms with van der Waals surface area (Å²) >= 11 is 0. The Labute approximate surface area is 126 Å². The molecule has 2 aliphatic heterocycles. The molecule has 2 unspecified atom stereocenters. The van der Waals surface area contributed by atoms with Crippen molar-refractivity contribution in [2.24, 2.45) is 0 Å². The highest BCUT2D eigenvalue weighted by Gasteiger charge is 2.36. The number of benzene rings is 1. The van der Waals surface area contributed by atoms with Crippen molar-refractivity contribution in [2.45, 2.75) is 51.4 Å². The van der Waals surface area contributed by atoms with Gasteiger partial charge in [-0.15, -0.1) is 0 Å². The van der Waals surface area contributed by atoms with Gasteiger partial charge in [0.1, 0.15) is 0 Å². The van der Waals surface area contributed by atoms with Gasteiger partial charge < -0.3 is 5.32 Å². The summed E-state index contributed by atoms with van der Waals surface area (Å²) in [5.41, 5.74) is 2.45. The molecule has 0 radical (unpaired) electrons. The lowest BCUT2D eigenvalue weighted by Crippen LogP contribution is -2.38. The Morgan fingerprint density at radius 3 is 3.05 bits per heavy atom. The quantitative estimate of drug-likeness (QED) is 0.936. The Morgan fingerprint density at radius 2 is 2.14 bits per heavy atom. The van der Waals surface area contributed by atoms with Gasteiger partial charge in [0, 0.05) is 37.1 Å². The molecule has 0 aliphatic carbocycles. The van der Waals surface area contributed by atoms with E-state index in [2.05, 4.69) is 46.1 Å². The summed E-state index contributed by atoms with van der Waals surface area (Å²) in [5, 5.41) is 9.88. The van der Waals surface area contributed by atoms with E-state index in [9.17, 15) is 0 Å². The highest BCUT2D eigenvalue weighted by molar-refractivity contribution is 5.81. The van der Waals surface area contributed by atoms with Crippen molar-refractivity contribution in [3.05, 3.63) is 30.0 Å². The second kappa shape index (κ2) is 5.43. The molecule has 2 atom stereocenters. The molecule has 21 heavy (non-hydrogen) atoms. The monoisotopic (exact) mass is 284 g/mol. The van der Waals surface area contributed by atoms with Crippen molar-refractivity contribution in [1.29, 1.82) is 0 Å². The lowest BCUT2D eigenvalue weighted by Gasteiger charge is -2.20. The average molecular weight is 284 g/mol. The molecule has 4 nitrogen and oxygen atoms in total. The predicted molar refractivity (Wildman–Crippen MR) is 85.2 cm³/mol. The van der Waals surface area contributed by atoms with Gasteiger partial charge in [-0.3, -0.25) is 9.58 Å². The maximum atomic E-state index is 4.79. The van der Waals surface area contributed by atoms with Crippen molar-refractivity contribution in [3.63, 3.8) is 0 Å². The van der Waals surface area contributed by atoms with Gasteiger partial charge in [0.25, 0.3) is 0 Å². The second-order valence-corrected chi connectivity index (χ2v) is 6.30. The fraction of sp³-hybridized carbons (Fsp3) is 0.588. The molecule has 4 rings (SSSR count). The third kappa shape index (κ3) is 2.27. The van der Waals surface area contributed by atoms with Gasteiger partial charge in [0.2, 0.25) is 0 Å². The normalized spacial score (nSPS) is 25.8. The third-order valence-corrected chi connectivity index (χ3v) is 5.17. The fourth-order valence-corrected chi connectivity index (χ4v) is 4.12. The minimum atomic E-state index is 0.651. The second-order valence-electron chi connectivity index (χ2n) is 6.30. The summed E-state index contributed by atoms with van der Waals surface area (Å²) in [4.78, 5) is 2.65. The van der Waals surface area contributed by atoms with E-state index in [1.165, 1.54) is 48.9 Å². The molecule has 2 aromatic rings. The number of hydrogen-bond acceptors (Lipinski definition) is 3. The molecule has 2 saturated heterocycles. The van der Waals surface area contributed by atoms with E-state index in [1.54, 1.807) is 0 Å². The zero-order valence-corrected chi connectivity index (χ0v) is 12.8. The Kier molecular flexibility index (Phi) is 3.43. The first-order chi connectivity index (χ1) is 10.4. The Hall–Kier alpha value is -1.39. The molecule has 2 aliphatic rings. The molecular weight excluding hydrogens is 260 g/mol. The van der Waals surface area contributed by atoms with Gasteiger partial charge in [-0.25, -0.2) is 0 Å². The lowest BCUT2D eigenvalue weighted by molar-refractivity contribution is 0.298. The van der Waals surface area contributed by atoms with Gasteiger partial charge in [-0.05, 0) is 38.8 Å². The smallest absolute Gasteiger partial charge is 0.0841 e. The minimum absolute atomic E-state index is 0.651. The summed E-state index contributed by atoms with van der Waals surface area (Å²) in [6.07, 6.45) is 4.02. The average Bonchev–Trinajstić information content (AvgIpc) is 3.20. The minimum Gasteiger partial charge on any atom is -0.307 e. The number of aromatic nitrogens is 2. The van der Waals surface area contributed by atoms with Crippen LogP contribution in [0.5, 0.6) is 0 Å². The first kappa shape index (κ1) is 13.3. The van der Waals surface area contributed by atoms with E-state index < -0.39 is 0 Å². The van der Waals surface area contributed by atoms with Crippen LogP contribution in [0.25, 0.3) is 10.9 Å². The van der Waals surface area contributed by atoms with Crippen molar-refractivity contribution in [1.82, 2.24) is 20.0 Å². The van der Waals surface area contributed by atoms with Gasteiger partial charge in [-0.1, -0.05) is 18.2 Å². The number of rotatable bonds is 4. The number of aryl methyl sites for hydroxylation is 1. The van der Waals surface area contributed by atoms with Crippen molar-refractivity contribution < 1.29 is 0 Å². The Bertz CT molecular complexity index is 633. The first-order valence-corrected chi connectivity index (χ1v) is 8.28. The number of hydrogen-bond donors (Lipinski definition) is 1. The standard InChI is InChI=1S/C17H24N4/c1-2-21-16-7-4-3-6-13(16)15(19-21)12-18-14-9-11-20-10-5-8-17(14)20/h3-4,6-7,14,17-18H,2,5,8-12H2,1H3. The molecule has 112 valence electrons. The van der Waals surface area contributed by atoms with Crippen LogP contribution in [0.1, 0.15) is 31.9 Å². The molecule has 0 bridgehead atoms. The maximum Gasteiger partial charge on any atom is 0.0841 e. The number of para-hydroxylation sites is 1. The molecule has 4 heteroatoms. The molecule has 1 N–H and O–H groups in total. The summed E-state index contributed by atoms with van der Waals surface area (Å²) in [6.45, 7) is 6.55. The van der Waals surface area contributed by atoms with Gasteiger partial charge in [0.15, 0.2) is 0 Å². The van der Waals surface area contributed by atoms with Crippen molar-refractivity contribution >= 4 is 10.9 Å². The molecule has 0 saturated carbocycles. The molecule has 2 fully saturated rings. The lowest BCUT2D eigenvalue weighted by atomic mass is 10.1. The fourth-order valence-electron chi connectivity index (χ4n) is 4.12. The SMILES string of the molecule is CCn1nc(CNC2CCN3CCCC23)c2ccccc21. The maximum absolute atomic E-state index is 4.79. The van der Waals surface area contributed by atoms with Gasteiger partial charge in [-0.2, -0.15) is 5.10 Å². The summed E-state index contributed by atoms with van der Waals surface area (Å²) in [5.74, 6) is 0. The van der Waals surface area contributed by atoms with Crippen LogP contribution in [0.15, 0.2) is 24.3 Å². The summed E-state index contributed by atoms with van der Waals surface area (Å²) < 4.78 is 2.11. The topological polar surface area (TPSA) is 33.1 Å². The molecule has 0 spiro atoms. The van der Waals surface area contributed by atoms with E-state index in [-0.39, 0.29) is 0 Å². The molecule has 3 heterocycles. The highest BCUT2D eigenvalue weighted by Crippen LogP contribution is 2.28. The number of nitrogens with one attached hydrogen (secondary N) is 1. The van der Waals surface area contributed by atoms with E-state index in [0.717, 1.165) is 19.1 Å². The van der Waals surface area contributed by atoms with Crippen LogP contribution < -0.4 is 5.32 Å². The van der Waals surface area contributed by atoms with Crippen LogP contribution in [-0.4, -0.2) is 39.9 Å². The Morgan fingerprint density at radius 1 is 1.24 bits per heavy atom. The van der Waals surface area contributed by atoms with E-state index >= 15 is 0 Å². The summed E-state index contributed by atoms with van der Waals surface area (Å²) in [6, 6.07) is 10.00. The highest BCUT2D eigenvalue weighted by atomic mass is 15.3. The molecule has 1 aromatic heterocycles. The third-order valence-electron chi connectivity index (χ3n) is 5.17. The van der Waals surface area contributed by atoms with E-state index in [0.29, 0.717) is 6.04 Å². The molecule has 1 aromatic carbocycles. The van der Waals surface area contributed by atoms with E-state index in [1.807, 2.05) is 0 Å². The summed E-state index contributed by atoms with van der Waals surface area (Å²) in [7, 11) is 0. The van der Waals surface area contributed by atoms with Crippen LogP contribution in [-0.2, 0) is 13.1 Å². The first-order valence-electron chi connectivity index (χ1n) is 8.28. The van der Waals surface area contributed by atoms with Gasteiger partial charge in [0.05, 0.1) is 11.2 Å². The van der Waals surface area contributed by atoms with Crippen LogP contribution in [0, 0.1) is 0 Å². The van der Waals surface area contributed by atoms with Crippen LogP contribution in [0.4, 0.5) is 0 Å². The van der Waals surface area contributed by atoms with Crippen molar-refractivity contribution in [3.8, 4) is 0 Å². The molecule has 0 amide bonds. The van der Waals surface area contributed by atoms with Gasteiger partial charge >= 0.3 is 0 Å². The predicted octanol–water partition coefficient (Wildman–Crippen LogP) is 2.38. The van der Waals surface area contributed by atoms with Crippen LogP contribution in [0.2, 0.25) is 0 Å². The Balaban J connectivity index is 1.52. The number of fused-ring (bicyclic) bond motifs is 2. The molecular formula is C17H24N4. The van der Waals surface area contributed by atoms with E-state index in [4.69, 9.17) is 5.10 Å². The largest absolute Gasteiger partial charge is 0.307 e. The zero-order valence-electron chi connectivity index (χ0n) is 12.8. The van der Waals surface area contributed by atoms with Crippen molar-refractivity contribution in [2.75, 3.05) is 13.1 Å².